The Morgan fingerprint density at radius 2 is 1.61 bits per heavy atom. The Morgan fingerprint density at radius 3 is 2.25 bits per heavy atom. The number of hydrogen-bond acceptors (Lipinski definition) is 3. The second kappa shape index (κ2) is 8.39. The van der Waals surface area contributed by atoms with Gasteiger partial charge in [-0.15, -0.1) is 0 Å². The Bertz CT molecular complexity index is 977. The summed E-state index contributed by atoms with van der Waals surface area (Å²) in [6, 6.07) is 16.1. The average Bonchev–Trinajstić information content (AvgIpc) is 3.00. The molecule has 1 aromatic heterocycles. The van der Waals surface area contributed by atoms with Gasteiger partial charge < -0.3 is 10.1 Å². The molecule has 0 saturated carbocycles. The van der Waals surface area contributed by atoms with Gasteiger partial charge in [0.15, 0.2) is 6.61 Å². The van der Waals surface area contributed by atoms with Gasteiger partial charge in [0, 0.05) is 17.0 Å². The van der Waals surface area contributed by atoms with Gasteiger partial charge in [-0.05, 0) is 62.4 Å². The summed E-state index contributed by atoms with van der Waals surface area (Å²) in [5, 5.41) is 2.44. The molecule has 0 atom stereocenters. The third-order valence-corrected chi connectivity index (χ3v) is 4.12. The molecule has 0 aliphatic rings. The van der Waals surface area contributed by atoms with Crippen LogP contribution in [0.25, 0.3) is 0 Å². The molecule has 6 nitrogen and oxygen atoms in total. The molecule has 0 aliphatic carbocycles. The highest BCUT2D eigenvalue weighted by Crippen LogP contribution is 2.15. The largest absolute Gasteiger partial charge is 0.484 e. The van der Waals surface area contributed by atoms with Crippen LogP contribution in [0.3, 0.4) is 0 Å². The maximum absolute atomic E-state index is 13.5. The summed E-state index contributed by atoms with van der Waals surface area (Å²) < 4.78 is 20.6. The maximum Gasteiger partial charge on any atom is 0.270 e. The number of para-hydroxylation sites is 1. The number of amides is 2. The van der Waals surface area contributed by atoms with E-state index in [1.54, 1.807) is 35.0 Å². The van der Waals surface area contributed by atoms with Crippen LogP contribution >= 0.6 is 0 Å². The Kier molecular flexibility index (Phi) is 5.74. The number of rotatable bonds is 6. The van der Waals surface area contributed by atoms with E-state index in [9.17, 15) is 14.0 Å². The molecule has 0 aliphatic heterocycles. The average molecular weight is 381 g/mol. The van der Waals surface area contributed by atoms with Crippen LogP contribution < -0.4 is 15.5 Å². The van der Waals surface area contributed by atoms with E-state index < -0.39 is 11.7 Å². The quantitative estimate of drug-likeness (QED) is 0.685. The fourth-order valence-electron chi connectivity index (χ4n) is 2.61. The lowest BCUT2D eigenvalue weighted by molar-refractivity contribution is -0.118. The molecule has 0 fully saturated rings. The zero-order valence-electron chi connectivity index (χ0n) is 15.5. The van der Waals surface area contributed by atoms with E-state index in [0.29, 0.717) is 11.3 Å². The first-order chi connectivity index (χ1) is 13.4. The minimum absolute atomic E-state index is 0.0960. The molecule has 1 heterocycles. The maximum atomic E-state index is 13.5. The van der Waals surface area contributed by atoms with Crippen LogP contribution in [0.5, 0.6) is 5.75 Å². The molecule has 3 rings (SSSR count). The Hall–Kier alpha value is -3.61. The van der Waals surface area contributed by atoms with E-state index in [4.69, 9.17) is 4.74 Å². The highest BCUT2D eigenvalue weighted by Gasteiger charge is 2.10. The minimum Gasteiger partial charge on any atom is -0.484 e. The van der Waals surface area contributed by atoms with Crippen molar-refractivity contribution in [2.75, 3.05) is 17.3 Å². The fourth-order valence-corrected chi connectivity index (χ4v) is 2.61. The van der Waals surface area contributed by atoms with Crippen LogP contribution in [-0.2, 0) is 4.79 Å². The van der Waals surface area contributed by atoms with E-state index in [2.05, 4.69) is 10.7 Å². The molecule has 2 amide bonds. The standard InChI is InChI=1S/C21H20FN3O3/c1-14-7-8-15(2)25(14)24-21(27)16-9-11-17(12-10-16)28-13-20(26)23-19-6-4-3-5-18(19)22/h3-12H,13H2,1-2H3,(H,23,26)(H,24,27). The third-order valence-electron chi connectivity index (χ3n) is 4.12. The second-order valence-corrected chi connectivity index (χ2v) is 6.23. The SMILES string of the molecule is Cc1ccc(C)n1NC(=O)c1ccc(OCC(=O)Nc2ccccc2F)cc1. The van der Waals surface area contributed by atoms with E-state index in [1.165, 1.54) is 18.2 Å². The number of halogens is 1. The normalized spacial score (nSPS) is 10.4. The smallest absolute Gasteiger partial charge is 0.270 e. The zero-order valence-corrected chi connectivity index (χ0v) is 15.5. The van der Waals surface area contributed by atoms with E-state index in [-0.39, 0.29) is 18.2 Å². The topological polar surface area (TPSA) is 72.4 Å². The summed E-state index contributed by atoms with van der Waals surface area (Å²) >= 11 is 0. The third kappa shape index (κ3) is 4.56. The lowest BCUT2D eigenvalue weighted by Gasteiger charge is -2.12. The van der Waals surface area contributed by atoms with Crippen LogP contribution in [0, 0.1) is 19.7 Å². The van der Waals surface area contributed by atoms with Gasteiger partial charge in [0.25, 0.3) is 11.8 Å². The van der Waals surface area contributed by atoms with Gasteiger partial charge in [0.1, 0.15) is 11.6 Å². The molecule has 0 spiro atoms. The molecule has 0 saturated heterocycles. The van der Waals surface area contributed by atoms with Crippen LogP contribution in [0.15, 0.2) is 60.7 Å². The number of carbonyl (C=O) groups excluding carboxylic acids is 2. The number of nitrogens with one attached hydrogen (secondary N) is 2. The Labute approximate surface area is 161 Å². The monoisotopic (exact) mass is 381 g/mol. The summed E-state index contributed by atoms with van der Waals surface area (Å²) in [5.74, 6) is -0.829. The summed E-state index contributed by atoms with van der Waals surface area (Å²) in [6.45, 7) is 3.52. The van der Waals surface area contributed by atoms with Gasteiger partial charge in [0.05, 0.1) is 5.69 Å². The summed E-state index contributed by atoms with van der Waals surface area (Å²) in [5.41, 5.74) is 5.21. The highest BCUT2D eigenvalue weighted by molar-refractivity contribution is 6.00. The van der Waals surface area contributed by atoms with E-state index in [1.807, 2.05) is 26.0 Å². The first-order valence-electron chi connectivity index (χ1n) is 8.67. The van der Waals surface area contributed by atoms with Gasteiger partial charge >= 0.3 is 0 Å². The molecule has 7 heteroatoms. The van der Waals surface area contributed by atoms with E-state index in [0.717, 1.165) is 11.4 Å². The number of ether oxygens (including phenoxy) is 1. The van der Waals surface area contributed by atoms with Crippen molar-refractivity contribution in [3.63, 3.8) is 0 Å². The first-order valence-corrected chi connectivity index (χ1v) is 8.67. The van der Waals surface area contributed by atoms with Crippen LogP contribution in [0.1, 0.15) is 21.7 Å². The van der Waals surface area contributed by atoms with Crippen LogP contribution in [-0.4, -0.2) is 23.1 Å². The van der Waals surface area contributed by atoms with Crippen molar-refractivity contribution >= 4 is 17.5 Å². The van der Waals surface area contributed by atoms with Gasteiger partial charge in [-0.3, -0.25) is 19.7 Å². The van der Waals surface area contributed by atoms with Crippen molar-refractivity contribution in [1.29, 1.82) is 0 Å². The van der Waals surface area contributed by atoms with Crippen molar-refractivity contribution < 1.29 is 18.7 Å². The Balaban J connectivity index is 1.55. The molecule has 2 aromatic carbocycles. The number of benzene rings is 2. The molecular weight excluding hydrogens is 361 g/mol. The predicted octanol–water partition coefficient (Wildman–Crippen LogP) is 3.65. The minimum atomic E-state index is -0.514. The lowest BCUT2D eigenvalue weighted by atomic mass is 10.2. The molecule has 0 bridgehead atoms. The molecule has 3 aromatic rings. The number of anilines is 1. The molecule has 2 N–H and O–H groups in total. The molecule has 0 radical (unpaired) electrons. The van der Waals surface area contributed by atoms with Gasteiger partial charge in [0.2, 0.25) is 0 Å². The molecule has 0 unspecified atom stereocenters. The first kappa shape index (κ1) is 19.2. The number of aromatic nitrogens is 1. The van der Waals surface area contributed by atoms with Crippen molar-refractivity contribution in [3.05, 3.63) is 83.4 Å². The van der Waals surface area contributed by atoms with Crippen molar-refractivity contribution in [2.45, 2.75) is 13.8 Å². The second-order valence-electron chi connectivity index (χ2n) is 6.23. The molecule has 144 valence electrons. The van der Waals surface area contributed by atoms with Crippen molar-refractivity contribution in [2.24, 2.45) is 0 Å². The number of aryl methyl sites for hydroxylation is 2. The van der Waals surface area contributed by atoms with Crippen LogP contribution in [0.4, 0.5) is 10.1 Å². The number of hydrogen-bond donors (Lipinski definition) is 2. The van der Waals surface area contributed by atoms with Crippen molar-refractivity contribution in [1.82, 2.24) is 4.68 Å². The Morgan fingerprint density at radius 1 is 0.964 bits per heavy atom. The van der Waals surface area contributed by atoms with Crippen LogP contribution in [0.2, 0.25) is 0 Å². The van der Waals surface area contributed by atoms with Gasteiger partial charge in [-0.2, -0.15) is 0 Å². The number of carbonyl (C=O) groups is 2. The summed E-state index contributed by atoms with van der Waals surface area (Å²) in [4.78, 5) is 24.2. The summed E-state index contributed by atoms with van der Waals surface area (Å²) in [7, 11) is 0. The summed E-state index contributed by atoms with van der Waals surface area (Å²) in [6.07, 6.45) is 0. The molecule has 28 heavy (non-hydrogen) atoms. The van der Waals surface area contributed by atoms with E-state index >= 15 is 0 Å². The lowest BCUT2D eigenvalue weighted by Crippen LogP contribution is -2.24. The van der Waals surface area contributed by atoms with Crippen molar-refractivity contribution in [3.8, 4) is 5.75 Å². The fraction of sp³-hybridized carbons (Fsp3) is 0.143. The van der Waals surface area contributed by atoms with Gasteiger partial charge in [-0.25, -0.2) is 4.39 Å². The zero-order chi connectivity index (χ0) is 20.1. The predicted molar refractivity (Wildman–Crippen MR) is 105 cm³/mol. The van der Waals surface area contributed by atoms with Gasteiger partial charge in [-0.1, -0.05) is 12.1 Å². The highest BCUT2D eigenvalue weighted by atomic mass is 19.1. The number of nitrogens with zero attached hydrogens (tertiary/aromatic N) is 1. The molecular formula is C21H20FN3O3.